The van der Waals surface area contributed by atoms with Gasteiger partial charge in [0.15, 0.2) is 0 Å². The third-order valence-electron chi connectivity index (χ3n) is 2.89. The second-order valence-electron chi connectivity index (χ2n) is 3.82. The van der Waals surface area contributed by atoms with Crippen LogP contribution in [0.4, 0.5) is 0 Å². The highest BCUT2D eigenvalue weighted by Crippen LogP contribution is 2.33. The Bertz CT molecular complexity index is 360. The molecule has 0 aliphatic heterocycles. The number of aliphatic carboxylic acids is 1. The molecule has 0 aromatic heterocycles. The molecule has 0 amide bonds. The molecule has 1 aromatic carbocycles. The van der Waals surface area contributed by atoms with Gasteiger partial charge in [-0.15, -0.1) is 0 Å². The number of carboxylic acid groups (broad SMARTS) is 1. The first kappa shape index (κ1) is 14.1. The minimum Gasteiger partial charge on any atom is -0.480 e. The van der Waals surface area contributed by atoms with Crippen molar-refractivity contribution in [3.05, 3.63) is 29.8 Å². The largest absolute Gasteiger partial charge is 0.480 e. The second-order valence-corrected chi connectivity index (χ2v) is 6.68. The van der Waals surface area contributed by atoms with E-state index in [0.717, 1.165) is 5.56 Å². The lowest BCUT2D eigenvalue weighted by molar-refractivity contribution is -0.139. The van der Waals surface area contributed by atoms with Gasteiger partial charge in [-0.2, -0.15) is 0 Å². The maximum atomic E-state index is 11.0. The van der Waals surface area contributed by atoms with Crippen molar-refractivity contribution < 1.29 is 9.90 Å². The Morgan fingerprint density at radius 1 is 1.29 bits per heavy atom. The van der Waals surface area contributed by atoms with Crippen molar-refractivity contribution in [2.24, 2.45) is 0 Å². The summed E-state index contributed by atoms with van der Waals surface area (Å²) in [7, 11) is 1.59. The van der Waals surface area contributed by atoms with E-state index in [9.17, 15) is 4.79 Å². The highest BCUT2D eigenvalue weighted by Gasteiger charge is 2.17. The number of benzene rings is 1. The number of carbonyl (C=O) groups is 1. The molecule has 2 N–H and O–H groups in total. The van der Waals surface area contributed by atoms with Gasteiger partial charge in [0.1, 0.15) is 6.04 Å². The molecule has 1 aromatic rings. The maximum Gasteiger partial charge on any atom is 0.325 e. The number of nitrogens with one attached hydrogen (secondary N) is 1. The Labute approximate surface area is 104 Å². The number of rotatable bonds is 6. The molecule has 0 radical (unpaired) electrons. The molecular weight excluding hydrogens is 233 g/mol. The van der Waals surface area contributed by atoms with Gasteiger partial charge in [0.2, 0.25) is 0 Å². The van der Waals surface area contributed by atoms with Crippen molar-refractivity contribution in [1.82, 2.24) is 5.32 Å². The summed E-state index contributed by atoms with van der Waals surface area (Å²) >= 11 is 0. The standard InChI is InChI=1S/C13H20NO2P/c1-4-17(5-2)11-8-6-10(7-9-11)12(14-3)13(15)16/h6-9,12,14H,4-5H2,1-3H3,(H,15,16). The Morgan fingerprint density at radius 3 is 2.18 bits per heavy atom. The van der Waals surface area contributed by atoms with Crippen LogP contribution in [0.15, 0.2) is 24.3 Å². The number of likely N-dealkylation sites (N-methyl/N-ethyl adjacent to an activating group) is 1. The van der Waals surface area contributed by atoms with Crippen molar-refractivity contribution in [3.63, 3.8) is 0 Å². The lowest BCUT2D eigenvalue weighted by Crippen LogP contribution is -2.25. The number of hydrogen-bond donors (Lipinski definition) is 2. The van der Waals surface area contributed by atoms with Crippen molar-refractivity contribution >= 4 is 19.2 Å². The van der Waals surface area contributed by atoms with E-state index >= 15 is 0 Å². The fourth-order valence-corrected chi connectivity index (χ4v) is 3.65. The first-order valence-electron chi connectivity index (χ1n) is 5.89. The zero-order valence-corrected chi connectivity index (χ0v) is 11.5. The Morgan fingerprint density at radius 2 is 1.82 bits per heavy atom. The fraction of sp³-hybridized carbons (Fsp3) is 0.462. The van der Waals surface area contributed by atoms with Crippen LogP contribution in [0.25, 0.3) is 0 Å². The average Bonchev–Trinajstić information content (AvgIpc) is 2.33. The molecule has 0 spiro atoms. The summed E-state index contributed by atoms with van der Waals surface area (Å²) in [6, 6.07) is 7.37. The second kappa shape index (κ2) is 6.73. The predicted molar refractivity (Wildman–Crippen MR) is 73.5 cm³/mol. The predicted octanol–water partition coefficient (Wildman–Crippen LogP) is 2.18. The number of carboxylic acids is 1. The van der Waals surface area contributed by atoms with Crippen LogP contribution in [-0.4, -0.2) is 30.4 Å². The zero-order chi connectivity index (χ0) is 12.8. The van der Waals surface area contributed by atoms with Gasteiger partial charge >= 0.3 is 5.97 Å². The fourth-order valence-electron chi connectivity index (χ4n) is 1.90. The summed E-state index contributed by atoms with van der Waals surface area (Å²) in [5, 5.41) is 13.2. The molecule has 0 bridgehead atoms. The van der Waals surface area contributed by atoms with Crippen molar-refractivity contribution in [3.8, 4) is 0 Å². The molecule has 1 unspecified atom stereocenters. The molecular formula is C13H20NO2P. The Kier molecular flexibility index (Phi) is 5.60. The van der Waals surface area contributed by atoms with Gasteiger partial charge in [0, 0.05) is 0 Å². The van der Waals surface area contributed by atoms with Gasteiger partial charge < -0.3 is 10.4 Å². The van der Waals surface area contributed by atoms with E-state index in [1.54, 1.807) is 7.05 Å². The lowest BCUT2D eigenvalue weighted by Gasteiger charge is -2.16. The molecule has 1 rings (SSSR count). The molecule has 94 valence electrons. The monoisotopic (exact) mass is 253 g/mol. The highest BCUT2D eigenvalue weighted by molar-refractivity contribution is 7.65. The van der Waals surface area contributed by atoms with Crippen LogP contribution in [-0.2, 0) is 4.79 Å². The van der Waals surface area contributed by atoms with Crippen LogP contribution in [0.1, 0.15) is 25.5 Å². The summed E-state index contributed by atoms with van der Waals surface area (Å²) in [4.78, 5) is 11.0. The summed E-state index contributed by atoms with van der Waals surface area (Å²) in [6.45, 7) is 4.41. The van der Waals surface area contributed by atoms with E-state index in [0.29, 0.717) is 0 Å². The van der Waals surface area contributed by atoms with E-state index in [1.807, 2.05) is 12.1 Å². The van der Waals surface area contributed by atoms with Gasteiger partial charge in [-0.05, 0) is 30.2 Å². The minimum absolute atomic E-state index is 0.0704. The molecule has 0 saturated heterocycles. The number of hydrogen-bond acceptors (Lipinski definition) is 2. The van der Waals surface area contributed by atoms with Crippen LogP contribution in [0.3, 0.4) is 0 Å². The normalized spacial score (nSPS) is 12.7. The first-order valence-corrected chi connectivity index (χ1v) is 7.60. The Hall–Kier alpha value is -0.920. The van der Waals surface area contributed by atoms with Crippen molar-refractivity contribution in [1.29, 1.82) is 0 Å². The Balaban J connectivity index is 2.90. The lowest BCUT2D eigenvalue weighted by atomic mass is 10.1. The van der Waals surface area contributed by atoms with E-state index in [-0.39, 0.29) is 7.92 Å². The van der Waals surface area contributed by atoms with Crippen LogP contribution in [0.2, 0.25) is 0 Å². The van der Waals surface area contributed by atoms with Gasteiger partial charge in [-0.25, -0.2) is 0 Å². The van der Waals surface area contributed by atoms with E-state index in [2.05, 4.69) is 31.3 Å². The molecule has 1 atom stereocenters. The van der Waals surface area contributed by atoms with Crippen molar-refractivity contribution in [2.75, 3.05) is 19.4 Å². The smallest absolute Gasteiger partial charge is 0.325 e. The topological polar surface area (TPSA) is 49.3 Å². The maximum absolute atomic E-state index is 11.0. The minimum atomic E-state index is -0.839. The third kappa shape index (κ3) is 3.52. The van der Waals surface area contributed by atoms with Gasteiger partial charge in [-0.1, -0.05) is 46.0 Å². The summed E-state index contributed by atoms with van der Waals surface area (Å²) in [5.74, 6) is -0.839. The summed E-state index contributed by atoms with van der Waals surface area (Å²) in [5.41, 5.74) is 0.811. The summed E-state index contributed by atoms with van der Waals surface area (Å²) < 4.78 is 0. The van der Waals surface area contributed by atoms with Crippen molar-refractivity contribution in [2.45, 2.75) is 19.9 Å². The van der Waals surface area contributed by atoms with Gasteiger partial charge in [0.25, 0.3) is 0 Å². The molecule has 0 fully saturated rings. The van der Waals surface area contributed by atoms with Crippen LogP contribution in [0, 0.1) is 0 Å². The zero-order valence-electron chi connectivity index (χ0n) is 10.6. The molecule has 4 heteroatoms. The summed E-state index contributed by atoms with van der Waals surface area (Å²) in [6.07, 6.45) is 2.36. The molecule has 0 heterocycles. The molecule has 0 saturated carbocycles. The van der Waals surface area contributed by atoms with Gasteiger partial charge in [0.05, 0.1) is 0 Å². The van der Waals surface area contributed by atoms with Crippen LogP contribution >= 0.6 is 7.92 Å². The van der Waals surface area contributed by atoms with E-state index in [1.165, 1.54) is 17.6 Å². The van der Waals surface area contributed by atoms with Gasteiger partial charge in [-0.3, -0.25) is 4.79 Å². The SMILES string of the molecule is CCP(CC)c1ccc(C(NC)C(=O)O)cc1. The average molecular weight is 253 g/mol. The molecule has 17 heavy (non-hydrogen) atoms. The van der Waals surface area contributed by atoms with E-state index in [4.69, 9.17) is 5.11 Å². The first-order chi connectivity index (χ1) is 8.13. The third-order valence-corrected chi connectivity index (χ3v) is 5.45. The van der Waals surface area contributed by atoms with E-state index < -0.39 is 12.0 Å². The quantitative estimate of drug-likeness (QED) is 0.764. The van der Waals surface area contributed by atoms with Crippen LogP contribution in [0.5, 0.6) is 0 Å². The molecule has 0 aliphatic rings. The van der Waals surface area contributed by atoms with Crippen LogP contribution < -0.4 is 10.6 Å². The molecule has 0 aliphatic carbocycles. The highest BCUT2D eigenvalue weighted by atomic mass is 31.1. The molecule has 3 nitrogen and oxygen atoms in total.